The van der Waals surface area contributed by atoms with Gasteiger partial charge in [0, 0.05) is 19.4 Å². The second kappa shape index (κ2) is 3.25. The molecule has 1 aliphatic heterocycles. The van der Waals surface area contributed by atoms with Gasteiger partial charge in [0.25, 0.3) is 0 Å². The summed E-state index contributed by atoms with van der Waals surface area (Å²) in [6.45, 7) is 3.53. The van der Waals surface area contributed by atoms with Crippen molar-refractivity contribution in [3.8, 4) is 18.1 Å². The third-order valence-corrected chi connectivity index (χ3v) is 2.16. The largest absolute Gasteiger partial charge is 0.462 e. The molecule has 1 aromatic rings. The van der Waals surface area contributed by atoms with Gasteiger partial charge in [0.15, 0.2) is 6.10 Å². The minimum atomic E-state index is -0.776. The van der Waals surface area contributed by atoms with Crippen LogP contribution in [0.5, 0.6) is 5.75 Å². The average molecular weight is 206 g/mol. The molecule has 0 amide bonds. The first-order chi connectivity index (χ1) is 7.02. The van der Waals surface area contributed by atoms with Crippen LogP contribution < -0.4 is 4.74 Å². The van der Waals surface area contributed by atoms with Gasteiger partial charge in [-0.2, -0.15) is 0 Å². The van der Waals surface area contributed by atoms with Crippen LogP contribution in [0.1, 0.15) is 25.5 Å². The normalized spacial score (nSPS) is 22.4. The van der Waals surface area contributed by atoms with Crippen molar-refractivity contribution in [2.75, 3.05) is 0 Å². The highest BCUT2D eigenvalue weighted by Gasteiger charge is 2.33. The standard InChI is InChI=1S/C12H11FO2/c1-4-10-9-7-8(13)5-6-11(9)15-12(2,3)14-10/h1,5-7,10H,2-3H3. The van der Waals surface area contributed by atoms with Crippen LogP contribution in [-0.4, -0.2) is 5.79 Å². The van der Waals surface area contributed by atoms with E-state index < -0.39 is 11.9 Å². The van der Waals surface area contributed by atoms with Crippen molar-refractivity contribution >= 4 is 0 Å². The number of benzene rings is 1. The predicted molar refractivity (Wildman–Crippen MR) is 53.8 cm³/mol. The summed E-state index contributed by atoms with van der Waals surface area (Å²) in [6, 6.07) is 4.25. The molecule has 0 bridgehead atoms. The number of halogens is 1. The molecule has 2 rings (SSSR count). The zero-order valence-electron chi connectivity index (χ0n) is 8.58. The van der Waals surface area contributed by atoms with E-state index in [4.69, 9.17) is 15.9 Å². The van der Waals surface area contributed by atoms with E-state index in [0.29, 0.717) is 11.3 Å². The van der Waals surface area contributed by atoms with Gasteiger partial charge in [-0.25, -0.2) is 4.39 Å². The smallest absolute Gasteiger partial charge is 0.206 e. The molecule has 78 valence electrons. The maximum atomic E-state index is 13.0. The van der Waals surface area contributed by atoms with Crippen molar-refractivity contribution < 1.29 is 13.9 Å². The van der Waals surface area contributed by atoms with Crippen molar-refractivity contribution in [1.82, 2.24) is 0 Å². The molecule has 1 unspecified atom stereocenters. The molecule has 0 radical (unpaired) electrons. The van der Waals surface area contributed by atoms with Crippen molar-refractivity contribution in [2.24, 2.45) is 0 Å². The molecule has 0 fully saturated rings. The Morgan fingerprint density at radius 2 is 2.20 bits per heavy atom. The molecular formula is C12H11FO2. The Bertz CT molecular complexity index is 432. The summed E-state index contributed by atoms with van der Waals surface area (Å²) >= 11 is 0. The van der Waals surface area contributed by atoms with Gasteiger partial charge in [-0.1, -0.05) is 5.92 Å². The summed E-state index contributed by atoms with van der Waals surface area (Å²) < 4.78 is 24.0. The summed E-state index contributed by atoms with van der Waals surface area (Å²) in [6.07, 6.45) is 4.78. The highest BCUT2D eigenvalue weighted by Crippen LogP contribution is 2.38. The van der Waals surface area contributed by atoms with Crippen molar-refractivity contribution in [2.45, 2.75) is 25.7 Å². The van der Waals surface area contributed by atoms with E-state index in [-0.39, 0.29) is 5.82 Å². The number of rotatable bonds is 0. The fraction of sp³-hybridized carbons (Fsp3) is 0.333. The number of fused-ring (bicyclic) bond motifs is 1. The maximum absolute atomic E-state index is 13.0. The Hall–Kier alpha value is -1.53. The van der Waals surface area contributed by atoms with E-state index in [1.165, 1.54) is 12.1 Å². The van der Waals surface area contributed by atoms with Gasteiger partial charge in [-0.15, -0.1) is 6.42 Å². The van der Waals surface area contributed by atoms with Gasteiger partial charge in [-0.05, 0) is 18.2 Å². The summed E-state index contributed by atoms with van der Waals surface area (Å²) in [5.74, 6) is 1.93. The van der Waals surface area contributed by atoms with Crippen LogP contribution in [0.25, 0.3) is 0 Å². The zero-order chi connectivity index (χ0) is 11.1. The lowest BCUT2D eigenvalue weighted by Crippen LogP contribution is -2.37. The molecule has 0 N–H and O–H groups in total. The fourth-order valence-corrected chi connectivity index (χ4v) is 1.58. The van der Waals surface area contributed by atoms with E-state index in [1.54, 1.807) is 19.9 Å². The van der Waals surface area contributed by atoms with E-state index in [9.17, 15) is 4.39 Å². The highest BCUT2D eigenvalue weighted by molar-refractivity contribution is 5.40. The monoisotopic (exact) mass is 206 g/mol. The minimum Gasteiger partial charge on any atom is -0.462 e. The molecule has 0 saturated carbocycles. The van der Waals surface area contributed by atoms with Gasteiger partial charge in [0.1, 0.15) is 11.6 Å². The van der Waals surface area contributed by atoms with Gasteiger partial charge < -0.3 is 9.47 Å². The summed E-state index contributed by atoms with van der Waals surface area (Å²) in [7, 11) is 0. The molecule has 0 saturated heterocycles. The Morgan fingerprint density at radius 1 is 1.47 bits per heavy atom. The van der Waals surface area contributed by atoms with E-state index >= 15 is 0 Å². The van der Waals surface area contributed by atoms with E-state index in [1.807, 2.05) is 0 Å². The third kappa shape index (κ3) is 1.81. The maximum Gasteiger partial charge on any atom is 0.206 e. The van der Waals surface area contributed by atoms with E-state index in [2.05, 4.69) is 5.92 Å². The average Bonchev–Trinajstić information content (AvgIpc) is 2.16. The Labute approximate surface area is 88.0 Å². The first-order valence-electron chi connectivity index (χ1n) is 4.64. The van der Waals surface area contributed by atoms with Crippen LogP contribution in [0.15, 0.2) is 18.2 Å². The van der Waals surface area contributed by atoms with Crippen molar-refractivity contribution in [3.63, 3.8) is 0 Å². The Kier molecular flexibility index (Phi) is 2.17. The molecule has 0 spiro atoms. The van der Waals surface area contributed by atoms with Crippen LogP contribution in [-0.2, 0) is 4.74 Å². The number of hydrogen-bond acceptors (Lipinski definition) is 2. The van der Waals surface area contributed by atoms with Crippen LogP contribution >= 0.6 is 0 Å². The van der Waals surface area contributed by atoms with Gasteiger partial charge in [0.2, 0.25) is 5.79 Å². The molecule has 3 heteroatoms. The van der Waals surface area contributed by atoms with Crippen molar-refractivity contribution in [3.05, 3.63) is 29.6 Å². The molecule has 1 atom stereocenters. The van der Waals surface area contributed by atoms with Gasteiger partial charge in [0.05, 0.1) is 0 Å². The topological polar surface area (TPSA) is 18.5 Å². The summed E-state index contributed by atoms with van der Waals surface area (Å²) in [5, 5.41) is 0. The van der Waals surface area contributed by atoms with Crippen molar-refractivity contribution in [1.29, 1.82) is 0 Å². The molecule has 15 heavy (non-hydrogen) atoms. The molecule has 1 aliphatic rings. The predicted octanol–water partition coefficient (Wildman–Crippen LogP) is 2.65. The van der Waals surface area contributed by atoms with Gasteiger partial charge >= 0.3 is 0 Å². The molecule has 0 aromatic heterocycles. The van der Waals surface area contributed by atoms with E-state index in [0.717, 1.165) is 0 Å². The van der Waals surface area contributed by atoms with Crippen LogP contribution in [0, 0.1) is 18.2 Å². The lowest BCUT2D eigenvalue weighted by molar-refractivity contribution is -0.191. The second-order valence-corrected chi connectivity index (χ2v) is 3.85. The number of terminal acetylenes is 1. The lowest BCUT2D eigenvalue weighted by atomic mass is 10.1. The number of ether oxygens (including phenoxy) is 2. The minimum absolute atomic E-state index is 0.346. The molecular weight excluding hydrogens is 195 g/mol. The summed E-state index contributed by atoms with van der Waals surface area (Å²) in [4.78, 5) is 0. The Morgan fingerprint density at radius 3 is 2.87 bits per heavy atom. The molecule has 1 heterocycles. The zero-order valence-corrected chi connectivity index (χ0v) is 8.58. The van der Waals surface area contributed by atoms with Gasteiger partial charge in [-0.3, -0.25) is 0 Å². The first kappa shape index (κ1) is 10.0. The van der Waals surface area contributed by atoms with Crippen LogP contribution in [0.3, 0.4) is 0 Å². The third-order valence-electron chi connectivity index (χ3n) is 2.16. The quantitative estimate of drug-likeness (QED) is 0.607. The van der Waals surface area contributed by atoms with Crippen LogP contribution in [0.4, 0.5) is 4.39 Å². The number of hydrogen-bond donors (Lipinski definition) is 0. The second-order valence-electron chi connectivity index (χ2n) is 3.85. The first-order valence-corrected chi connectivity index (χ1v) is 4.64. The Balaban J connectivity index is 2.50. The fourth-order valence-electron chi connectivity index (χ4n) is 1.58. The van der Waals surface area contributed by atoms with Crippen LogP contribution in [0.2, 0.25) is 0 Å². The summed E-state index contributed by atoms with van der Waals surface area (Å²) in [5.41, 5.74) is 0.567. The lowest BCUT2D eigenvalue weighted by Gasteiger charge is -2.35. The molecule has 2 nitrogen and oxygen atoms in total. The molecule has 0 aliphatic carbocycles. The highest BCUT2D eigenvalue weighted by atomic mass is 19.1. The molecule has 1 aromatic carbocycles. The SMILES string of the molecule is C#CC1OC(C)(C)Oc2ccc(F)cc21.